The highest BCUT2D eigenvalue weighted by Crippen LogP contribution is 2.26. The topological polar surface area (TPSA) is 59.6 Å². The first-order valence-electron chi connectivity index (χ1n) is 8.05. The monoisotopic (exact) mass is 328 g/mol. The second-order valence-electron chi connectivity index (χ2n) is 5.45. The standard InChI is InChI=1S/C19H24N2O3/c1-4-23-18-11-10-14(2)12-17(18)15(3)21-19(22)20-13-24-16-8-6-5-7-9-16/h5-12,15H,4,13H2,1-3H3,(H2,20,21,22). The maximum Gasteiger partial charge on any atom is 0.317 e. The van der Waals surface area contributed by atoms with Crippen LogP contribution in [0, 0.1) is 6.92 Å². The molecule has 5 nitrogen and oxygen atoms in total. The highest BCUT2D eigenvalue weighted by molar-refractivity contribution is 5.74. The second kappa shape index (κ2) is 8.82. The number of hydrogen-bond donors (Lipinski definition) is 2. The molecule has 0 heterocycles. The molecule has 1 atom stereocenters. The van der Waals surface area contributed by atoms with E-state index in [0.29, 0.717) is 12.4 Å². The van der Waals surface area contributed by atoms with Gasteiger partial charge in [-0.15, -0.1) is 0 Å². The van der Waals surface area contributed by atoms with Gasteiger partial charge in [-0.3, -0.25) is 0 Å². The van der Waals surface area contributed by atoms with Crippen LogP contribution in [0.1, 0.15) is 31.0 Å². The van der Waals surface area contributed by atoms with Crippen molar-refractivity contribution in [2.45, 2.75) is 26.8 Å². The van der Waals surface area contributed by atoms with Crippen molar-refractivity contribution >= 4 is 6.03 Å². The smallest absolute Gasteiger partial charge is 0.317 e. The van der Waals surface area contributed by atoms with Gasteiger partial charge in [0.2, 0.25) is 0 Å². The molecule has 2 aromatic carbocycles. The van der Waals surface area contributed by atoms with Crippen molar-refractivity contribution in [3.8, 4) is 11.5 Å². The van der Waals surface area contributed by atoms with Crippen LogP contribution in [0.5, 0.6) is 11.5 Å². The Kier molecular flexibility index (Phi) is 6.49. The number of rotatable bonds is 7. The second-order valence-corrected chi connectivity index (χ2v) is 5.45. The highest BCUT2D eigenvalue weighted by atomic mass is 16.5. The number of urea groups is 1. The van der Waals surface area contributed by atoms with Crippen molar-refractivity contribution in [3.63, 3.8) is 0 Å². The minimum absolute atomic E-state index is 0.106. The molecule has 0 bridgehead atoms. The molecule has 0 aliphatic carbocycles. The maximum absolute atomic E-state index is 12.0. The zero-order valence-corrected chi connectivity index (χ0v) is 14.3. The van der Waals surface area contributed by atoms with Gasteiger partial charge in [0.15, 0.2) is 6.73 Å². The van der Waals surface area contributed by atoms with Crippen molar-refractivity contribution < 1.29 is 14.3 Å². The third kappa shape index (κ3) is 5.19. The van der Waals surface area contributed by atoms with E-state index in [1.54, 1.807) is 0 Å². The van der Waals surface area contributed by atoms with Gasteiger partial charge in [0, 0.05) is 5.56 Å². The summed E-state index contributed by atoms with van der Waals surface area (Å²) in [6.07, 6.45) is 0. The lowest BCUT2D eigenvalue weighted by Gasteiger charge is -2.19. The molecule has 0 saturated heterocycles. The summed E-state index contributed by atoms with van der Waals surface area (Å²) in [6.45, 7) is 6.57. The van der Waals surface area contributed by atoms with Crippen molar-refractivity contribution in [2.75, 3.05) is 13.3 Å². The number of benzene rings is 2. The molecule has 2 N–H and O–H groups in total. The van der Waals surface area contributed by atoms with Crippen LogP contribution in [0.25, 0.3) is 0 Å². The van der Waals surface area contributed by atoms with Gasteiger partial charge in [0.25, 0.3) is 0 Å². The molecule has 128 valence electrons. The molecular formula is C19H24N2O3. The summed E-state index contributed by atoms with van der Waals surface area (Å²) in [5.41, 5.74) is 2.07. The number of aryl methyl sites for hydroxylation is 1. The molecule has 2 rings (SSSR count). The molecule has 0 spiro atoms. The first kappa shape index (κ1) is 17.7. The number of carbonyl (C=O) groups is 1. The van der Waals surface area contributed by atoms with Crippen LogP contribution in [0.2, 0.25) is 0 Å². The summed E-state index contributed by atoms with van der Waals surface area (Å²) >= 11 is 0. The average Bonchev–Trinajstić information content (AvgIpc) is 2.57. The van der Waals surface area contributed by atoms with Crippen molar-refractivity contribution in [2.24, 2.45) is 0 Å². The van der Waals surface area contributed by atoms with Crippen molar-refractivity contribution in [1.82, 2.24) is 10.6 Å². The van der Waals surface area contributed by atoms with Crippen LogP contribution < -0.4 is 20.1 Å². The van der Waals surface area contributed by atoms with Gasteiger partial charge in [-0.05, 0) is 39.0 Å². The number of amides is 2. The minimum atomic E-state index is -0.289. The number of ether oxygens (including phenoxy) is 2. The van der Waals surface area contributed by atoms with Gasteiger partial charge < -0.3 is 20.1 Å². The lowest BCUT2D eigenvalue weighted by molar-refractivity contribution is 0.221. The fourth-order valence-corrected chi connectivity index (χ4v) is 2.32. The normalized spacial score (nSPS) is 11.5. The van der Waals surface area contributed by atoms with Gasteiger partial charge in [-0.2, -0.15) is 0 Å². The van der Waals surface area contributed by atoms with Gasteiger partial charge >= 0.3 is 6.03 Å². The van der Waals surface area contributed by atoms with Crippen LogP contribution >= 0.6 is 0 Å². The largest absolute Gasteiger partial charge is 0.494 e. The SMILES string of the molecule is CCOc1ccc(C)cc1C(C)NC(=O)NCOc1ccccc1. The van der Waals surface area contributed by atoms with Gasteiger partial charge in [0.05, 0.1) is 12.6 Å². The third-order valence-electron chi connectivity index (χ3n) is 3.49. The fourth-order valence-electron chi connectivity index (χ4n) is 2.32. The molecule has 24 heavy (non-hydrogen) atoms. The molecule has 2 amide bonds. The Morgan fingerprint density at radius 1 is 1.12 bits per heavy atom. The molecular weight excluding hydrogens is 304 g/mol. The Bertz CT molecular complexity index is 659. The van der Waals surface area contributed by atoms with Crippen molar-refractivity contribution in [1.29, 1.82) is 0 Å². The van der Waals surface area contributed by atoms with E-state index in [1.165, 1.54) is 0 Å². The van der Waals surface area contributed by atoms with E-state index in [4.69, 9.17) is 9.47 Å². The lowest BCUT2D eigenvalue weighted by Crippen LogP contribution is -2.39. The van der Waals surface area contributed by atoms with Gasteiger partial charge in [-0.25, -0.2) is 4.79 Å². The molecule has 0 aliphatic rings. The predicted octanol–water partition coefficient (Wildman–Crippen LogP) is 3.79. The zero-order valence-electron chi connectivity index (χ0n) is 14.3. The van der Waals surface area contributed by atoms with E-state index in [1.807, 2.05) is 69.3 Å². The van der Waals surface area contributed by atoms with E-state index in [-0.39, 0.29) is 18.8 Å². The number of hydrogen-bond acceptors (Lipinski definition) is 3. The number of carbonyl (C=O) groups excluding carboxylic acids is 1. The molecule has 0 aliphatic heterocycles. The molecule has 0 radical (unpaired) electrons. The summed E-state index contributed by atoms with van der Waals surface area (Å²) in [7, 11) is 0. The predicted molar refractivity (Wildman–Crippen MR) is 94.4 cm³/mol. The van der Waals surface area contributed by atoms with Gasteiger partial charge in [-0.1, -0.05) is 35.9 Å². The molecule has 0 saturated carbocycles. The molecule has 2 aromatic rings. The van der Waals surface area contributed by atoms with Gasteiger partial charge in [0.1, 0.15) is 11.5 Å². The maximum atomic E-state index is 12.0. The van der Waals surface area contributed by atoms with Crippen molar-refractivity contribution in [3.05, 3.63) is 59.7 Å². The number of nitrogens with one attached hydrogen (secondary N) is 2. The summed E-state index contributed by atoms with van der Waals surface area (Å²) < 4.78 is 11.1. The van der Waals surface area contributed by atoms with E-state index < -0.39 is 0 Å². The fraction of sp³-hybridized carbons (Fsp3) is 0.316. The van der Waals surface area contributed by atoms with Crippen LogP contribution in [-0.2, 0) is 0 Å². The first-order valence-corrected chi connectivity index (χ1v) is 8.05. The Balaban J connectivity index is 1.88. The quantitative estimate of drug-likeness (QED) is 0.760. The summed E-state index contributed by atoms with van der Waals surface area (Å²) in [5.74, 6) is 1.50. The van der Waals surface area contributed by atoms with Crippen LogP contribution in [0.3, 0.4) is 0 Å². The lowest BCUT2D eigenvalue weighted by atomic mass is 10.0. The number of para-hydroxylation sites is 1. The summed E-state index contributed by atoms with van der Waals surface area (Å²) in [5, 5.41) is 5.58. The van der Waals surface area contributed by atoms with Crippen LogP contribution in [0.4, 0.5) is 4.79 Å². The third-order valence-corrected chi connectivity index (χ3v) is 3.49. The Labute approximate surface area is 143 Å². The molecule has 1 unspecified atom stereocenters. The molecule has 0 aromatic heterocycles. The van der Waals surface area contributed by atoms with Crippen LogP contribution in [0.15, 0.2) is 48.5 Å². The van der Waals surface area contributed by atoms with E-state index in [9.17, 15) is 4.79 Å². The minimum Gasteiger partial charge on any atom is -0.494 e. The zero-order chi connectivity index (χ0) is 17.4. The summed E-state index contributed by atoms with van der Waals surface area (Å²) in [6, 6.07) is 14.8. The molecule has 5 heteroatoms. The average molecular weight is 328 g/mol. The Morgan fingerprint density at radius 3 is 2.58 bits per heavy atom. The van der Waals surface area contributed by atoms with E-state index in [0.717, 1.165) is 16.9 Å². The molecule has 0 fully saturated rings. The Morgan fingerprint density at radius 2 is 1.88 bits per heavy atom. The first-order chi connectivity index (χ1) is 11.6. The Hall–Kier alpha value is -2.69. The highest BCUT2D eigenvalue weighted by Gasteiger charge is 2.14. The summed E-state index contributed by atoms with van der Waals surface area (Å²) in [4.78, 5) is 12.0. The van der Waals surface area contributed by atoms with Crippen LogP contribution in [-0.4, -0.2) is 19.4 Å². The van der Waals surface area contributed by atoms with E-state index >= 15 is 0 Å². The van der Waals surface area contributed by atoms with E-state index in [2.05, 4.69) is 10.6 Å².